The summed E-state index contributed by atoms with van der Waals surface area (Å²) in [6.45, 7) is 1.98. The predicted molar refractivity (Wildman–Crippen MR) is 106 cm³/mol. The van der Waals surface area contributed by atoms with Gasteiger partial charge in [0.05, 0.1) is 23.2 Å². The maximum absolute atomic E-state index is 13.0. The van der Waals surface area contributed by atoms with E-state index in [4.69, 9.17) is 27.9 Å². The molecule has 0 spiro atoms. The molecule has 2 heterocycles. The maximum atomic E-state index is 13.0. The zero-order chi connectivity index (χ0) is 20.6. The second kappa shape index (κ2) is 7.81. The highest BCUT2D eigenvalue weighted by Gasteiger charge is 2.20. The first-order valence-electron chi connectivity index (χ1n) is 8.49. The quantitative estimate of drug-likeness (QED) is 0.583. The van der Waals surface area contributed by atoms with E-state index in [1.54, 1.807) is 32.2 Å². The molecule has 8 nitrogen and oxygen atoms in total. The first-order valence-corrected chi connectivity index (χ1v) is 9.24. The summed E-state index contributed by atoms with van der Waals surface area (Å²) in [5.41, 5.74) is 0.0594. The molecule has 1 aromatic carbocycles. The van der Waals surface area contributed by atoms with Crippen molar-refractivity contribution in [3.63, 3.8) is 0 Å². The van der Waals surface area contributed by atoms with Gasteiger partial charge < -0.3 is 9.30 Å². The first kappa shape index (κ1) is 20.2. The number of hydrogen-bond donors (Lipinski definition) is 0. The van der Waals surface area contributed by atoms with Crippen LogP contribution < -0.4 is 11.2 Å². The van der Waals surface area contributed by atoms with Crippen molar-refractivity contribution in [2.45, 2.75) is 19.9 Å². The third-order valence-electron chi connectivity index (χ3n) is 4.39. The van der Waals surface area contributed by atoms with Crippen molar-refractivity contribution in [1.29, 1.82) is 0 Å². The summed E-state index contributed by atoms with van der Waals surface area (Å²) in [5, 5.41) is 0.721. The van der Waals surface area contributed by atoms with Gasteiger partial charge in [-0.25, -0.2) is 9.78 Å². The molecule has 0 atom stereocenters. The van der Waals surface area contributed by atoms with Crippen molar-refractivity contribution >= 4 is 40.3 Å². The topological polar surface area (TPSA) is 88.1 Å². The molecule has 0 fully saturated rings. The Hall–Kier alpha value is -2.58. The number of aromatic nitrogens is 4. The van der Waals surface area contributed by atoms with Crippen molar-refractivity contribution in [2.24, 2.45) is 14.1 Å². The molecular formula is C18H18Cl2N4O4. The number of esters is 1. The van der Waals surface area contributed by atoms with Crippen LogP contribution in [0.3, 0.4) is 0 Å². The number of rotatable bonds is 5. The third-order valence-corrected chi connectivity index (χ3v) is 5.12. The molecular weight excluding hydrogens is 407 g/mol. The van der Waals surface area contributed by atoms with Crippen molar-refractivity contribution in [3.05, 3.63) is 60.5 Å². The Balaban J connectivity index is 2.13. The van der Waals surface area contributed by atoms with Gasteiger partial charge >= 0.3 is 11.7 Å². The zero-order valence-electron chi connectivity index (χ0n) is 15.5. The van der Waals surface area contributed by atoms with Gasteiger partial charge in [-0.15, -0.1) is 0 Å². The van der Waals surface area contributed by atoms with Crippen molar-refractivity contribution in [2.75, 3.05) is 6.61 Å². The molecule has 0 bridgehead atoms. The smallest absolute Gasteiger partial charge is 0.332 e. The van der Waals surface area contributed by atoms with E-state index in [0.717, 1.165) is 4.57 Å². The van der Waals surface area contributed by atoms with E-state index < -0.39 is 17.2 Å². The Kier molecular flexibility index (Phi) is 5.62. The predicted octanol–water partition coefficient (Wildman–Crippen LogP) is 1.89. The number of aryl methyl sites for hydroxylation is 2. The van der Waals surface area contributed by atoms with E-state index in [1.807, 2.05) is 0 Å². The highest BCUT2D eigenvalue weighted by Crippen LogP contribution is 2.22. The molecule has 0 aliphatic heterocycles. The SMILES string of the molecule is CCOC(=O)Cc1nc2c(c(=O)n(Cc3ccc(Cl)c(Cl)c3)c(=O)n2C)n1C. The molecule has 3 aromatic rings. The molecule has 3 rings (SSSR count). The Morgan fingerprint density at radius 3 is 2.50 bits per heavy atom. The number of fused-ring (bicyclic) bond motifs is 1. The van der Waals surface area contributed by atoms with Crippen LogP contribution in [0, 0.1) is 0 Å². The summed E-state index contributed by atoms with van der Waals surface area (Å²) in [4.78, 5) is 41.8. The molecule has 2 aromatic heterocycles. The van der Waals surface area contributed by atoms with Crippen LogP contribution in [0.15, 0.2) is 27.8 Å². The lowest BCUT2D eigenvalue weighted by Crippen LogP contribution is -2.39. The summed E-state index contributed by atoms with van der Waals surface area (Å²) in [6.07, 6.45) is -0.0978. The molecule has 0 aliphatic rings. The molecule has 28 heavy (non-hydrogen) atoms. The second-order valence-corrected chi connectivity index (χ2v) is 7.04. The lowest BCUT2D eigenvalue weighted by Gasteiger charge is -2.09. The highest BCUT2D eigenvalue weighted by molar-refractivity contribution is 6.42. The van der Waals surface area contributed by atoms with Gasteiger partial charge in [0.15, 0.2) is 11.2 Å². The van der Waals surface area contributed by atoms with Crippen LogP contribution in [0.2, 0.25) is 10.0 Å². The van der Waals surface area contributed by atoms with Crippen LogP contribution in [0.4, 0.5) is 0 Å². The average molecular weight is 425 g/mol. The fourth-order valence-corrected chi connectivity index (χ4v) is 3.27. The van der Waals surface area contributed by atoms with Crippen LogP contribution in [-0.4, -0.2) is 31.3 Å². The largest absolute Gasteiger partial charge is 0.466 e. The Labute approximate surface area is 169 Å². The molecule has 148 valence electrons. The van der Waals surface area contributed by atoms with Crippen LogP contribution in [0.5, 0.6) is 0 Å². The fourth-order valence-electron chi connectivity index (χ4n) is 2.95. The Bertz CT molecular complexity index is 1190. The molecule has 0 amide bonds. The van der Waals surface area contributed by atoms with Crippen LogP contribution in [0.1, 0.15) is 18.3 Å². The van der Waals surface area contributed by atoms with Crippen LogP contribution in [0.25, 0.3) is 11.2 Å². The monoisotopic (exact) mass is 424 g/mol. The third kappa shape index (κ3) is 3.57. The minimum atomic E-state index is -0.524. The number of carbonyl (C=O) groups excluding carboxylic acids is 1. The number of nitrogens with zero attached hydrogens (tertiary/aromatic N) is 4. The number of hydrogen-bond acceptors (Lipinski definition) is 5. The van der Waals surface area contributed by atoms with Gasteiger partial charge in [-0.05, 0) is 24.6 Å². The van der Waals surface area contributed by atoms with Crippen molar-refractivity contribution in [1.82, 2.24) is 18.7 Å². The molecule has 10 heteroatoms. The normalized spacial score (nSPS) is 11.2. The summed E-state index contributed by atoms with van der Waals surface area (Å²) in [5.74, 6) is -0.116. The van der Waals surface area contributed by atoms with E-state index >= 15 is 0 Å². The Morgan fingerprint density at radius 1 is 1.14 bits per heavy atom. The zero-order valence-corrected chi connectivity index (χ0v) is 17.0. The van der Waals surface area contributed by atoms with Gasteiger partial charge in [-0.3, -0.25) is 18.7 Å². The minimum absolute atomic E-state index is 0.0245. The minimum Gasteiger partial charge on any atom is -0.466 e. The van der Waals surface area contributed by atoms with E-state index in [2.05, 4.69) is 4.98 Å². The number of benzene rings is 1. The molecule has 0 unspecified atom stereocenters. The molecule has 0 aliphatic carbocycles. The lowest BCUT2D eigenvalue weighted by atomic mass is 10.2. The molecule has 0 N–H and O–H groups in total. The second-order valence-electron chi connectivity index (χ2n) is 6.22. The highest BCUT2D eigenvalue weighted by atomic mass is 35.5. The van der Waals surface area contributed by atoms with Crippen LogP contribution >= 0.6 is 23.2 Å². The fraction of sp³-hybridized carbons (Fsp3) is 0.333. The summed E-state index contributed by atoms with van der Waals surface area (Å²) in [6, 6.07) is 4.91. The van der Waals surface area contributed by atoms with Crippen LogP contribution in [-0.2, 0) is 36.6 Å². The van der Waals surface area contributed by atoms with E-state index in [1.165, 1.54) is 16.2 Å². The van der Waals surface area contributed by atoms with Gasteiger partial charge in [0.1, 0.15) is 12.2 Å². The van der Waals surface area contributed by atoms with Gasteiger partial charge in [-0.1, -0.05) is 29.3 Å². The number of carbonyl (C=O) groups is 1. The summed E-state index contributed by atoms with van der Waals surface area (Å²) < 4.78 is 8.83. The summed E-state index contributed by atoms with van der Waals surface area (Å²) >= 11 is 11.9. The first-order chi connectivity index (χ1) is 13.2. The molecule has 0 saturated heterocycles. The number of imidazole rings is 1. The van der Waals surface area contributed by atoms with E-state index in [-0.39, 0.29) is 30.7 Å². The van der Waals surface area contributed by atoms with Crippen molar-refractivity contribution in [3.8, 4) is 0 Å². The van der Waals surface area contributed by atoms with Gasteiger partial charge in [-0.2, -0.15) is 0 Å². The Morgan fingerprint density at radius 2 is 1.86 bits per heavy atom. The molecule has 0 radical (unpaired) electrons. The van der Waals surface area contributed by atoms with E-state index in [9.17, 15) is 14.4 Å². The lowest BCUT2D eigenvalue weighted by molar-refractivity contribution is -0.142. The van der Waals surface area contributed by atoms with Gasteiger partial charge in [0, 0.05) is 14.1 Å². The summed E-state index contributed by atoms with van der Waals surface area (Å²) in [7, 11) is 3.15. The standard InChI is InChI=1S/C18H18Cl2N4O4/c1-4-28-14(25)8-13-21-16-15(22(13)2)17(26)24(18(27)23(16)3)9-10-5-6-11(19)12(20)7-10/h5-7H,4,8-9H2,1-3H3. The van der Waals surface area contributed by atoms with Crippen molar-refractivity contribution < 1.29 is 9.53 Å². The van der Waals surface area contributed by atoms with E-state index in [0.29, 0.717) is 21.4 Å². The van der Waals surface area contributed by atoms with Gasteiger partial charge in [0.2, 0.25) is 0 Å². The molecule has 0 saturated carbocycles. The van der Waals surface area contributed by atoms with Gasteiger partial charge in [0.25, 0.3) is 5.56 Å². The number of halogens is 2. The number of ether oxygens (including phenoxy) is 1. The average Bonchev–Trinajstić information content (AvgIpc) is 2.96. The maximum Gasteiger partial charge on any atom is 0.332 e.